The molecule has 1 N–H and O–H groups in total. The second kappa shape index (κ2) is 5.58. The van der Waals surface area contributed by atoms with Gasteiger partial charge in [-0.1, -0.05) is 31.2 Å². The van der Waals surface area contributed by atoms with Gasteiger partial charge in [-0.05, 0) is 42.9 Å². The van der Waals surface area contributed by atoms with Gasteiger partial charge in [0.2, 0.25) is 0 Å². The first-order valence-corrected chi connectivity index (χ1v) is 6.31. The van der Waals surface area contributed by atoms with E-state index in [9.17, 15) is 8.78 Å². The van der Waals surface area contributed by atoms with Crippen molar-refractivity contribution in [1.82, 2.24) is 5.32 Å². The van der Waals surface area contributed by atoms with Crippen molar-refractivity contribution in [2.75, 3.05) is 6.54 Å². The molecule has 0 spiro atoms. The normalized spacial score (nSPS) is 19.9. The van der Waals surface area contributed by atoms with Gasteiger partial charge in [0, 0.05) is 0 Å². The van der Waals surface area contributed by atoms with Crippen molar-refractivity contribution in [2.45, 2.75) is 44.6 Å². The van der Waals surface area contributed by atoms with Crippen LogP contribution in [0.5, 0.6) is 0 Å². The number of hydrogen-bond acceptors (Lipinski definition) is 1. The lowest BCUT2D eigenvalue weighted by atomic mass is 9.74. The fourth-order valence-corrected chi connectivity index (χ4v) is 2.48. The van der Waals surface area contributed by atoms with Gasteiger partial charge in [-0.25, -0.2) is 8.78 Å². The van der Waals surface area contributed by atoms with Gasteiger partial charge in [-0.2, -0.15) is 0 Å². The molecule has 3 heteroatoms. The third-order valence-electron chi connectivity index (χ3n) is 3.46. The second-order valence-corrected chi connectivity index (χ2v) is 4.73. The second-order valence-electron chi connectivity index (χ2n) is 4.73. The molecule has 0 fully saturated rings. The summed E-state index contributed by atoms with van der Waals surface area (Å²) in [6.45, 7) is 2.66. The first-order chi connectivity index (χ1) is 8.22. The van der Waals surface area contributed by atoms with Crippen LogP contribution < -0.4 is 5.32 Å². The van der Waals surface area contributed by atoms with Gasteiger partial charge in [0.1, 0.15) is 0 Å². The van der Waals surface area contributed by atoms with Crippen LogP contribution in [0.2, 0.25) is 0 Å². The maximum absolute atomic E-state index is 12.9. The predicted octanol–water partition coefficient (Wildman–Crippen LogP) is 3.35. The highest BCUT2D eigenvalue weighted by Gasteiger charge is 2.31. The largest absolute Gasteiger partial charge is 0.309 e. The Labute approximate surface area is 101 Å². The summed E-state index contributed by atoms with van der Waals surface area (Å²) >= 11 is 0. The average molecular weight is 239 g/mol. The van der Waals surface area contributed by atoms with Crippen LogP contribution in [0.3, 0.4) is 0 Å². The van der Waals surface area contributed by atoms with Crippen LogP contribution in [0.25, 0.3) is 0 Å². The molecule has 0 heterocycles. The third kappa shape index (κ3) is 2.83. The quantitative estimate of drug-likeness (QED) is 0.802. The fourth-order valence-electron chi connectivity index (χ4n) is 2.48. The molecule has 94 valence electrons. The Bertz CT molecular complexity index is 365. The molecule has 0 aliphatic heterocycles. The van der Waals surface area contributed by atoms with Gasteiger partial charge in [-0.15, -0.1) is 0 Å². The van der Waals surface area contributed by atoms with E-state index >= 15 is 0 Å². The van der Waals surface area contributed by atoms with E-state index in [1.54, 1.807) is 0 Å². The number of benzene rings is 1. The summed E-state index contributed by atoms with van der Waals surface area (Å²) in [5.74, 6) is 0.314. The molecule has 2 rings (SSSR count). The van der Waals surface area contributed by atoms with Crippen LogP contribution in [-0.2, 0) is 6.42 Å². The molecule has 0 amide bonds. The van der Waals surface area contributed by atoms with Crippen molar-refractivity contribution in [3.05, 3.63) is 35.4 Å². The highest BCUT2D eigenvalue weighted by Crippen LogP contribution is 2.38. The standard InChI is InChI=1S/C14H19F2N/c1-2-7-17-13(14(15)16)9-11-8-10-5-3-4-6-12(10)11/h3-6,11,13-14,17H,2,7-9H2,1H3. The van der Waals surface area contributed by atoms with E-state index < -0.39 is 12.5 Å². The fraction of sp³-hybridized carbons (Fsp3) is 0.571. The molecule has 1 aliphatic carbocycles. The Morgan fingerprint density at radius 2 is 2.12 bits per heavy atom. The lowest BCUT2D eigenvalue weighted by molar-refractivity contribution is 0.0892. The Hall–Kier alpha value is -0.960. The van der Waals surface area contributed by atoms with Crippen LogP contribution in [0, 0.1) is 0 Å². The molecule has 0 aromatic heterocycles. The first-order valence-electron chi connectivity index (χ1n) is 6.31. The zero-order valence-electron chi connectivity index (χ0n) is 10.1. The highest BCUT2D eigenvalue weighted by atomic mass is 19.3. The molecule has 0 radical (unpaired) electrons. The minimum absolute atomic E-state index is 0.314. The van der Waals surface area contributed by atoms with Crippen molar-refractivity contribution in [2.24, 2.45) is 0 Å². The van der Waals surface area contributed by atoms with Gasteiger partial charge in [0.25, 0.3) is 6.43 Å². The number of hydrogen-bond donors (Lipinski definition) is 1. The lowest BCUT2D eigenvalue weighted by Crippen LogP contribution is -2.39. The topological polar surface area (TPSA) is 12.0 Å². The SMILES string of the molecule is CCCNC(CC1Cc2ccccc21)C(F)F. The maximum atomic E-state index is 12.9. The molecule has 0 saturated heterocycles. The van der Waals surface area contributed by atoms with Crippen LogP contribution in [0.15, 0.2) is 24.3 Å². The van der Waals surface area contributed by atoms with Crippen molar-refractivity contribution < 1.29 is 8.78 Å². The summed E-state index contributed by atoms with van der Waals surface area (Å²) in [4.78, 5) is 0. The molecule has 2 unspecified atom stereocenters. The minimum Gasteiger partial charge on any atom is -0.309 e. The minimum atomic E-state index is -2.27. The molecular formula is C14H19F2N. The van der Waals surface area contributed by atoms with Crippen molar-refractivity contribution in [3.8, 4) is 0 Å². The first kappa shape index (κ1) is 12.5. The molecular weight excluding hydrogens is 220 g/mol. The average Bonchev–Trinajstić information content (AvgIpc) is 2.29. The predicted molar refractivity (Wildman–Crippen MR) is 65.6 cm³/mol. The Kier molecular flexibility index (Phi) is 4.11. The van der Waals surface area contributed by atoms with E-state index in [1.807, 2.05) is 19.1 Å². The summed E-state index contributed by atoms with van der Waals surface area (Å²) < 4.78 is 25.7. The summed E-state index contributed by atoms with van der Waals surface area (Å²) in [5, 5.41) is 2.95. The number of halogens is 2. The maximum Gasteiger partial charge on any atom is 0.253 e. The van der Waals surface area contributed by atoms with Crippen LogP contribution in [0.1, 0.15) is 36.8 Å². The van der Waals surface area contributed by atoms with Crippen LogP contribution in [-0.4, -0.2) is 19.0 Å². The van der Waals surface area contributed by atoms with Crippen molar-refractivity contribution in [3.63, 3.8) is 0 Å². The van der Waals surface area contributed by atoms with E-state index in [0.29, 0.717) is 18.9 Å². The molecule has 0 bridgehead atoms. The molecule has 2 atom stereocenters. The molecule has 1 aliphatic rings. The Balaban J connectivity index is 1.92. The van der Waals surface area contributed by atoms with E-state index in [4.69, 9.17) is 0 Å². The lowest BCUT2D eigenvalue weighted by Gasteiger charge is -2.33. The van der Waals surface area contributed by atoms with Gasteiger partial charge >= 0.3 is 0 Å². The van der Waals surface area contributed by atoms with Crippen LogP contribution >= 0.6 is 0 Å². The van der Waals surface area contributed by atoms with E-state index in [0.717, 1.165) is 12.8 Å². The van der Waals surface area contributed by atoms with Crippen molar-refractivity contribution in [1.29, 1.82) is 0 Å². The monoisotopic (exact) mass is 239 g/mol. The summed E-state index contributed by atoms with van der Waals surface area (Å²) in [6.07, 6.45) is 0.126. The summed E-state index contributed by atoms with van der Waals surface area (Å²) in [6, 6.07) is 7.49. The van der Waals surface area contributed by atoms with E-state index in [1.165, 1.54) is 11.1 Å². The summed E-state index contributed by atoms with van der Waals surface area (Å²) in [5.41, 5.74) is 2.58. The van der Waals surface area contributed by atoms with Gasteiger partial charge in [-0.3, -0.25) is 0 Å². The Morgan fingerprint density at radius 1 is 1.35 bits per heavy atom. The van der Waals surface area contributed by atoms with E-state index in [-0.39, 0.29) is 0 Å². The molecule has 1 aromatic rings. The van der Waals surface area contributed by atoms with Gasteiger partial charge < -0.3 is 5.32 Å². The van der Waals surface area contributed by atoms with E-state index in [2.05, 4.69) is 17.4 Å². The smallest absolute Gasteiger partial charge is 0.253 e. The highest BCUT2D eigenvalue weighted by molar-refractivity contribution is 5.39. The third-order valence-corrected chi connectivity index (χ3v) is 3.46. The summed E-state index contributed by atoms with van der Waals surface area (Å²) in [7, 11) is 0. The van der Waals surface area contributed by atoms with Crippen molar-refractivity contribution >= 4 is 0 Å². The molecule has 0 saturated carbocycles. The number of rotatable bonds is 6. The zero-order valence-corrected chi connectivity index (χ0v) is 10.1. The Morgan fingerprint density at radius 3 is 2.76 bits per heavy atom. The van der Waals surface area contributed by atoms with Gasteiger partial charge in [0.15, 0.2) is 0 Å². The molecule has 1 aromatic carbocycles. The molecule has 17 heavy (non-hydrogen) atoms. The number of nitrogens with one attached hydrogen (secondary N) is 1. The zero-order chi connectivity index (χ0) is 12.3. The number of alkyl halides is 2. The molecule has 1 nitrogen and oxygen atoms in total. The number of fused-ring (bicyclic) bond motifs is 1. The van der Waals surface area contributed by atoms with Crippen LogP contribution in [0.4, 0.5) is 8.78 Å². The van der Waals surface area contributed by atoms with Gasteiger partial charge in [0.05, 0.1) is 6.04 Å².